The fourth-order valence-corrected chi connectivity index (χ4v) is 3.94. The summed E-state index contributed by atoms with van der Waals surface area (Å²) in [7, 11) is 0. The molecular weight excluding hydrogens is 322 g/mol. The highest BCUT2D eigenvalue weighted by Crippen LogP contribution is 2.39. The van der Waals surface area contributed by atoms with Crippen molar-refractivity contribution < 1.29 is 9.53 Å². The highest BCUT2D eigenvalue weighted by molar-refractivity contribution is 5.98. The fourth-order valence-electron chi connectivity index (χ4n) is 3.94. The molecule has 2 aromatic carbocycles. The third-order valence-electron chi connectivity index (χ3n) is 5.61. The summed E-state index contributed by atoms with van der Waals surface area (Å²) < 4.78 is 6.26. The molecule has 1 fully saturated rings. The molecule has 0 aliphatic heterocycles. The Morgan fingerprint density at radius 3 is 2.35 bits per heavy atom. The Labute approximate surface area is 157 Å². The molecule has 3 rings (SSSR count). The number of fused-ring (bicyclic) bond motifs is 1. The van der Waals surface area contributed by atoms with Gasteiger partial charge in [0.25, 0.3) is 5.91 Å². The lowest BCUT2D eigenvalue weighted by Gasteiger charge is -2.37. The van der Waals surface area contributed by atoms with Gasteiger partial charge in [-0.15, -0.1) is 0 Å². The van der Waals surface area contributed by atoms with Gasteiger partial charge in [-0.25, -0.2) is 0 Å². The molecule has 1 amide bonds. The van der Waals surface area contributed by atoms with Gasteiger partial charge in [0.1, 0.15) is 5.75 Å². The summed E-state index contributed by atoms with van der Waals surface area (Å²) in [6, 6.07) is 12.0. The van der Waals surface area contributed by atoms with Gasteiger partial charge >= 0.3 is 0 Å². The molecule has 0 spiro atoms. The number of hydrogen-bond donors (Lipinski definition) is 1. The normalized spacial score (nSPS) is 20.8. The Kier molecular flexibility index (Phi) is 5.55. The highest BCUT2D eigenvalue weighted by atomic mass is 16.5. The smallest absolute Gasteiger partial charge is 0.251 e. The third kappa shape index (κ3) is 4.38. The van der Waals surface area contributed by atoms with E-state index >= 15 is 0 Å². The van der Waals surface area contributed by atoms with Crippen LogP contribution in [0.3, 0.4) is 0 Å². The number of rotatable bonds is 4. The monoisotopic (exact) mass is 353 g/mol. The summed E-state index contributed by atoms with van der Waals surface area (Å²) >= 11 is 0. The molecule has 1 N–H and O–H groups in total. The van der Waals surface area contributed by atoms with Crippen LogP contribution in [0.1, 0.15) is 63.7 Å². The first-order valence-electron chi connectivity index (χ1n) is 9.85. The van der Waals surface area contributed by atoms with E-state index in [4.69, 9.17) is 4.74 Å². The largest absolute Gasteiger partial charge is 0.490 e. The van der Waals surface area contributed by atoms with Crippen molar-refractivity contribution in [3.05, 3.63) is 42.0 Å². The van der Waals surface area contributed by atoms with Crippen LogP contribution in [0.4, 0.5) is 0 Å². The van der Waals surface area contributed by atoms with E-state index < -0.39 is 0 Å². The predicted molar refractivity (Wildman–Crippen MR) is 108 cm³/mol. The van der Waals surface area contributed by atoms with E-state index in [-0.39, 0.29) is 5.91 Å². The molecule has 1 aliphatic carbocycles. The fraction of sp³-hybridized carbons (Fsp3) is 0.522. The topological polar surface area (TPSA) is 38.3 Å². The molecular formula is C23H31NO2. The van der Waals surface area contributed by atoms with Gasteiger partial charge in [-0.3, -0.25) is 4.79 Å². The molecule has 1 saturated carbocycles. The maximum Gasteiger partial charge on any atom is 0.251 e. The summed E-state index contributed by atoms with van der Waals surface area (Å²) in [5.41, 5.74) is 1.10. The van der Waals surface area contributed by atoms with E-state index in [9.17, 15) is 4.79 Å². The van der Waals surface area contributed by atoms with Crippen molar-refractivity contribution in [2.75, 3.05) is 6.54 Å². The molecule has 1 aliphatic rings. The Balaban J connectivity index is 1.66. The van der Waals surface area contributed by atoms with Crippen molar-refractivity contribution in [2.24, 2.45) is 11.3 Å². The van der Waals surface area contributed by atoms with Crippen molar-refractivity contribution in [1.82, 2.24) is 5.32 Å². The molecule has 3 nitrogen and oxygen atoms in total. The van der Waals surface area contributed by atoms with Gasteiger partial charge in [-0.2, -0.15) is 0 Å². The first-order valence-corrected chi connectivity index (χ1v) is 9.85. The van der Waals surface area contributed by atoms with Crippen LogP contribution in [-0.4, -0.2) is 18.6 Å². The van der Waals surface area contributed by atoms with Crippen LogP contribution >= 0.6 is 0 Å². The summed E-state index contributed by atoms with van der Waals surface area (Å²) in [4.78, 5) is 12.0. The minimum Gasteiger partial charge on any atom is -0.490 e. The Morgan fingerprint density at radius 1 is 1.04 bits per heavy atom. The van der Waals surface area contributed by atoms with Crippen LogP contribution in [-0.2, 0) is 0 Å². The second-order valence-electron chi connectivity index (χ2n) is 8.54. The van der Waals surface area contributed by atoms with E-state index in [2.05, 4.69) is 32.2 Å². The standard InChI is InChI=1S/C23H31NO2/c1-5-24-22(25)18-7-6-17-15-21(11-8-16(17)14-18)26-20-12-9-19(10-13-20)23(2,3)4/h6-8,11,14-15,19-20H,5,9-10,12-13H2,1-4H3,(H,24,25)/t19-,20-. The minimum absolute atomic E-state index is 0.0228. The lowest BCUT2D eigenvalue weighted by molar-refractivity contribution is 0.0883. The molecule has 0 radical (unpaired) electrons. The van der Waals surface area contributed by atoms with Gasteiger partial charge in [0.2, 0.25) is 0 Å². The van der Waals surface area contributed by atoms with Crippen molar-refractivity contribution in [3.63, 3.8) is 0 Å². The van der Waals surface area contributed by atoms with Gasteiger partial charge in [-0.1, -0.05) is 32.9 Å². The Hall–Kier alpha value is -2.03. The van der Waals surface area contributed by atoms with E-state index in [1.165, 1.54) is 12.8 Å². The number of benzene rings is 2. The quantitative estimate of drug-likeness (QED) is 0.780. The van der Waals surface area contributed by atoms with Crippen molar-refractivity contribution in [3.8, 4) is 5.75 Å². The van der Waals surface area contributed by atoms with E-state index in [1.54, 1.807) is 0 Å². The van der Waals surface area contributed by atoms with E-state index in [0.29, 0.717) is 23.6 Å². The number of carbonyl (C=O) groups excluding carboxylic acids is 1. The van der Waals surface area contributed by atoms with Gasteiger partial charge in [0.15, 0.2) is 0 Å². The summed E-state index contributed by atoms with van der Waals surface area (Å²) in [5.74, 6) is 1.71. The summed E-state index contributed by atoms with van der Waals surface area (Å²) in [6.07, 6.45) is 5.09. The lowest BCUT2D eigenvalue weighted by Crippen LogP contribution is -2.30. The van der Waals surface area contributed by atoms with E-state index in [0.717, 1.165) is 35.3 Å². The first-order chi connectivity index (χ1) is 12.4. The molecule has 0 atom stereocenters. The van der Waals surface area contributed by atoms with E-state index in [1.807, 2.05) is 37.3 Å². The Morgan fingerprint density at radius 2 is 1.69 bits per heavy atom. The minimum atomic E-state index is -0.0228. The van der Waals surface area contributed by atoms with Crippen LogP contribution in [0.25, 0.3) is 10.8 Å². The van der Waals surface area contributed by atoms with Crippen LogP contribution in [0, 0.1) is 11.3 Å². The third-order valence-corrected chi connectivity index (χ3v) is 5.61. The SMILES string of the molecule is CCNC(=O)c1ccc2cc(O[C@H]3CC[C@H](C(C)(C)C)CC3)ccc2c1. The average molecular weight is 354 g/mol. The summed E-state index contributed by atoms with van der Waals surface area (Å²) in [6.45, 7) is 9.60. The molecule has 0 bridgehead atoms. The molecule has 3 heteroatoms. The first kappa shape index (κ1) is 18.8. The molecule has 0 unspecified atom stereocenters. The van der Waals surface area contributed by atoms with Gasteiger partial charge in [-0.05, 0) is 79.0 Å². The zero-order valence-corrected chi connectivity index (χ0v) is 16.5. The van der Waals surface area contributed by atoms with Crippen molar-refractivity contribution in [2.45, 2.75) is 59.5 Å². The maximum atomic E-state index is 12.0. The van der Waals surface area contributed by atoms with Crippen LogP contribution in [0.5, 0.6) is 5.75 Å². The number of hydrogen-bond acceptors (Lipinski definition) is 2. The number of ether oxygens (including phenoxy) is 1. The van der Waals surface area contributed by atoms with Gasteiger partial charge in [0.05, 0.1) is 6.10 Å². The number of nitrogens with one attached hydrogen (secondary N) is 1. The maximum absolute atomic E-state index is 12.0. The molecule has 0 heterocycles. The van der Waals surface area contributed by atoms with Gasteiger partial charge < -0.3 is 10.1 Å². The van der Waals surface area contributed by atoms with Crippen LogP contribution in [0.2, 0.25) is 0 Å². The number of carbonyl (C=O) groups is 1. The lowest BCUT2D eigenvalue weighted by atomic mass is 9.72. The molecule has 0 aromatic heterocycles. The zero-order valence-electron chi connectivity index (χ0n) is 16.5. The summed E-state index contributed by atoms with van der Waals surface area (Å²) in [5, 5.41) is 5.02. The average Bonchev–Trinajstić information content (AvgIpc) is 2.61. The van der Waals surface area contributed by atoms with Crippen molar-refractivity contribution >= 4 is 16.7 Å². The molecule has 140 valence electrons. The zero-order chi connectivity index (χ0) is 18.7. The highest BCUT2D eigenvalue weighted by Gasteiger charge is 2.30. The predicted octanol–water partition coefficient (Wildman–Crippen LogP) is 5.57. The van der Waals surface area contributed by atoms with Crippen LogP contribution < -0.4 is 10.1 Å². The number of amides is 1. The molecule has 26 heavy (non-hydrogen) atoms. The van der Waals surface area contributed by atoms with Gasteiger partial charge in [0, 0.05) is 12.1 Å². The molecule has 2 aromatic rings. The molecule has 0 saturated heterocycles. The van der Waals surface area contributed by atoms with Crippen molar-refractivity contribution in [1.29, 1.82) is 0 Å². The second kappa shape index (κ2) is 7.69. The Bertz CT molecular complexity index is 767. The second-order valence-corrected chi connectivity index (χ2v) is 8.54. The van der Waals surface area contributed by atoms with Crippen LogP contribution in [0.15, 0.2) is 36.4 Å².